The quantitative estimate of drug-likeness (QED) is 0.448. The molecule has 0 atom stereocenters. The Morgan fingerprint density at radius 1 is 1.07 bits per heavy atom. The lowest BCUT2D eigenvalue weighted by Gasteiger charge is -2.06. The molecule has 0 spiro atoms. The first-order valence-corrected chi connectivity index (χ1v) is 9.23. The predicted octanol–water partition coefficient (Wildman–Crippen LogP) is 2.28. The molecule has 0 saturated heterocycles. The Morgan fingerprint density at radius 2 is 1.97 bits per heavy atom. The molecular weight excluding hydrogens is 372 g/mol. The zero-order chi connectivity index (χ0) is 20.1. The summed E-state index contributed by atoms with van der Waals surface area (Å²) in [5.41, 5.74) is 1.57. The van der Waals surface area contributed by atoms with Gasteiger partial charge < -0.3 is 15.1 Å². The molecule has 2 amide bonds. The van der Waals surface area contributed by atoms with Crippen molar-refractivity contribution in [1.82, 2.24) is 24.9 Å². The van der Waals surface area contributed by atoms with Crippen LogP contribution in [-0.4, -0.2) is 37.9 Å². The number of hydrogen-bond acceptors (Lipinski definition) is 5. The van der Waals surface area contributed by atoms with Gasteiger partial charge in [-0.25, -0.2) is 0 Å². The number of carbonyl (C=O) groups excluding carboxylic acids is 2. The van der Waals surface area contributed by atoms with Crippen LogP contribution < -0.4 is 10.6 Å². The van der Waals surface area contributed by atoms with E-state index in [2.05, 4.69) is 20.8 Å². The molecule has 1 aromatic carbocycles. The molecule has 0 saturated carbocycles. The van der Waals surface area contributed by atoms with Crippen LogP contribution in [0, 0.1) is 0 Å². The second-order valence-electron chi connectivity index (χ2n) is 6.49. The summed E-state index contributed by atoms with van der Waals surface area (Å²) in [6.07, 6.45) is 7.11. The van der Waals surface area contributed by atoms with E-state index in [1.165, 1.54) is 17.1 Å². The highest BCUT2D eigenvalue weighted by Crippen LogP contribution is 2.12. The van der Waals surface area contributed by atoms with E-state index in [0.717, 1.165) is 23.9 Å². The van der Waals surface area contributed by atoms with Crippen LogP contribution in [0.15, 0.2) is 65.7 Å². The van der Waals surface area contributed by atoms with Crippen LogP contribution in [-0.2, 0) is 17.9 Å². The molecule has 0 aliphatic rings. The van der Waals surface area contributed by atoms with Gasteiger partial charge in [-0.3, -0.25) is 19.0 Å². The standard InChI is InChI=1S/C20H20N6O3/c27-19(21-8-4-9-26-17-6-2-1-5-15(17)11-23-26)14-25-13-16(12-22-25)24-20(28)18-7-3-10-29-18/h1-3,5-7,10-13H,4,8-9,14H2,(H,21,27)(H,24,28). The zero-order valence-corrected chi connectivity index (χ0v) is 15.6. The number of amides is 2. The summed E-state index contributed by atoms with van der Waals surface area (Å²) in [5.74, 6) is -0.312. The number of para-hydroxylation sites is 1. The first-order valence-electron chi connectivity index (χ1n) is 9.23. The van der Waals surface area contributed by atoms with Gasteiger partial charge in [-0.05, 0) is 24.6 Å². The molecule has 3 heterocycles. The van der Waals surface area contributed by atoms with Crippen molar-refractivity contribution in [1.29, 1.82) is 0 Å². The van der Waals surface area contributed by atoms with Crippen LogP contribution in [0.5, 0.6) is 0 Å². The molecule has 4 rings (SSSR count). The van der Waals surface area contributed by atoms with Crippen LogP contribution in [0.25, 0.3) is 10.9 Å². The molecule has 0 fully saturated rings. The fourth-order valence-electron chi connectivity index (χ4n) is 2.98. The Labute approximate surface area is 166 Å². The van der Waals surface area contributed by atoms with Crippen molar-refractivity contribution in [3.05, 3.63) is 67.0 Å². The molecule has 0 aliphatic heterocycles. The second kappa shape index (κ2) is 8.42. The lowest BCUT2D eigenvalue weighted by molar-refractivity contribution is -0.121. The molecule has 29 heavy (non-hydrogen) atoms. The number of furan rings is 1. The second-order valence-corrected chi connectivity index (χ2v) is 6.49. The van der Waals surface area contributed by atoms with Gasteiger partial charge in [0.2, 0.25) is 5.91 Å². The minimum absolute atomic E-state index is 0.0708. The van der Waals surface area contributed by atoms with Gasteiger partial charge in [0, 0.05) is 24.7 Å². The lowest BCUT2D eigenvalue weighted by atomic mass is 10.2. The number of carbonyl (C=O) groups is 2. The summed E-state index contributed by atoms with van der Waals surface area (Å²) < 4.78 is 8.43. The molecule has 4 aromatic rings. The number of hydrogen-bond donors (Lipinski definition) is 2. The molecule has 0 aliphatic carbocycles. The number of nitrogens with one attached hydrogen (secondary N) is 2. The molecule has 2 N–H and O–H groups in total. The molecule has 0 unspecified atom stereocenters. The Morgan fingerprint density at radius 3 is 2.83 bits per heavy atom. The molecule has 148 valence electrons. The third kappa shape index (κ3) is 4.52. The Hall–Kier alpha value is -3.88. The lowest BCUT2D eigenvalue weighted by Crippen LogP contribution is -2.29. The van der Waals surface area contributed by atoms with Crippen molar-refractivity contribution in [2.75, 3.05) is 11.9 Å². The SMILES string of the molecule is O=C(Cn1cc(NC(=O)c2ccco2)cn1)NCCCn1ncc2ccccc21. The normalized spacial score (nSPS) is 10.9. The van der Waals surface area contributed by atoms with E-state index in [9.17, 15) is 9.59 Å². The van der Waals surface area contributed by atoms with E-state index < -0.39 is 0 Å². The summed E-state index contributed by atoms with van der Waals surface area (Å²) >= 11 is 0. The monoisotopic (exact) mass is 392 g/mol. The van der Waals surface area contributed by atoms with E-state index in [1.54, 1.807) is 18.3 Å². The minimum Gasteiger partial charge on any atom is -0.459 e. The van der Waals surface area contributed by atoms with Crippen LogP contribution in [0.2, 0.25) is 0 Å². The van der Waals surface area contributed by atoms with E-state index >= 15 is 0 Å². The van der Waals surface area contributed by atoms with Crippen molar-refractivity contribution in [2.45, 2.75) is 19.5 Å². The maximum atomic E-state index is 12.1. The van der Waals surface area contributed by atoms with Crippen molar-refractivity contribution in [3.63, 3.8) is 0 Å². The van der Waals surface area contributed by atoms with Gasteiger partial charge in [0.25, 0.3) is 5.91 Å². The van der Waals surface area contributed by atoms with Gasteiger partial charge in [0.05, 0.1) is 29.9 Å². The average Bonchev–Trinajstić information content (AvgIpc) is 3.47. The van der Waals surface area contributed by atoms with Gasteiger partial charge in [-0.2, -0.15) is 10.2 Å². The minimum atomic E-state index is -0.370. The molecule has 0 bridgehead atoms. The van der Waals surface area contributed by atoms with Crippen molar-refractivity contribution in [2.24, 2.45) is 0 Å². The summed E-state index contributed by atoms with van der Waals surface area (Å²) in [5, 5.41) is 15.1. The first-order chi connectivity index (χ1) is 14.2. The number of aryl methyl sites for hydroxylation is 1. The van der Waals surface area contributed by atoms with E-state index in [-0.39, 0.29) is 24.1 Å². The van der Waals surface area contributed by atoms with E-state index in [4.69, 9.17) is 4.42 Å². The number of anilines is 1. The van der Waals surface area contributed by atoms with Gasteiger partial charge in [-0.15, -0.1) is 0 Å². The van der Waals surface area contributed by atoms with Crippen LogP contribution in [0.1, 0.15) is 17.0 Å². The van der Waals surface area contributed by atoms with Gasteiger partial charge in [-0.1, -0.05) is 18.2 Å². The Bertz CT molecular complexity index is 1110. The number of nitrogens with zero attached hydrogens (tertiary/aromatic N) is 4. The molecule has 9 nitrogen and oxygen atoms in total. The summed E-state index contributed by atoms with van der Waals surface area (Å²) in [6, 6.07) is 11.2. The van der Waals surface area contributed by atoms with Gasteiger partial charge >= 0.3 is 0 Å². The number of fused-ring (bicyclic) bond motifs is 1. The van der Waals surface area contributed by atoms with E-state index in [0.29, 0.717) is 12.2 Å². The summed E-state index contributed by atoms with van der Waals surface area (Å²) in [6.45, 7) is 1.33. The third-order valence-corrected chi connectivity index (χ3v) is 4.36. The van der Waals surface area contributed by atoms with E-state index in [1.807, 2.05) is 35.1 Å². The van der Waals surface area contributed by atoms with Crippen molar-refractivity contribution < 1.29 is 14.0 Å². The molecular formula is C20H20N6O3. The average molecular weight is 392 g/mol. The zero-order valence-electron chi connectivity index (χ0n) is 15.6. The maximum Gasteiger partial charge on any atom is 0.291 e. The fraction of sp³-hybridized carbons (Fsp3) is 0.200. The fourth-order valence-corrected chi connectivity index (χ4v) is 2.98. The Balaban J connectivity index is 1.21. The third-order valence-electron chi connectivity index (χ3n) is 4.36. The largest absolute Gasteiger partial charge is 0.459 e. The summed E-state index contributed by atoms with van der Waals surface area (Å²) in [7, 11) is 0. The van der Waals surface area contributed by atoms with Gasteiger partial charge in [0.1, 0.15) is 6.54 Å². The molecule has 0 radical (unpaired) electrons. The first kappa shape index (κ1) is 18.5. The number of aromatic nitrogens is 4. The maximum absolute atomic E-state index is 12.1. The van der Waals surface area contributed by atoms with Crippen LogP contribution in [0.4, 0.5) is 5.69 Å². The highest BCUT2D eigenvalue weighted by molar-refractivity contribution is 6.02. The smallest absolute Gasteiger partial charge is 0.291 e. The highest BCUT2D eigenvalue weighted by Gasteiger charge is 2.11. The molecule has 3 aromatic heterocycles. The van der Waals surface area contributed by atoms with Crippen LogP contribution in [0.3, 0.4) is 0 Å². The number of rotatable bonds is 8. The van der Waals surface area contributed by atoms with Gasteiger partial charge in [0.15, 0.2) is 5.76 Å². The predicted molar refractivity (Wildman–Crippen MR) is 106 cm³/mol. The summed E-state index contributed by atoms with van der Waals surface area (Å²) in [4.78, 5) is 24.0. The Kier molecular flexibility index (Phi) is 5.37. The van der Waals surface area contributed by atoms with Crippen LogP contribution >= 0.6 is 0 Å². The van der Waals surface area contributed by atoms with Crippen molar-refractivity contribution in [3.8, 4) is 0 Å². The van der Waals surface area contributed by atoms with Crippen molar-refractivity contribution >= 4 is 28.4 Å². The highest BCUT2D eigenvalue weighted by atomic mass is 16.3. The molecule has 9 heteroatoms. The topological polar surface area (TPSA) is 107 Å². The number of benzene rings is 1.